The van der Waals surface area contributed by atoms with Crippen molar-refractivity contribution in [3.63, 3.8) is 0 Å². The largest absolute Gasteiger partial charge is 0.494 e. The van der Waals surface area contributed by atoms with Crippen molar-refractivity contribution in [1.82, 2.24) is 10.2 Å². The molecule has 0 saturated carbocycles. The van der Waals surface area contributed by atoms with Gasteiger partial charge in [-0.25, -0.2) is 0 Å². The lowest BCUT2D eigenvalue weighted by atomic mass is 10.1. The summed E-state index contributed by atoms with van der Waals surface area (Å²) in [6.07, 6.45) is 2.28. The molecule has 0 aliphatic heterocycles. The van der Waals surface area contributed by atoms with E-state index in [4.69, 9.17) is 4.74 Å². The maximum Gasteiger partial charge on any atom is 0.242 e. The van der Waals surface area contributed by atoms with Gasteiger partial charge in [0.2, 0.25) is 11.8 Å². The fraction of sp³-hybridized carbons (Fsp3) is 0.481. The van der Waals surface area contributed by atoms with Gasteiger partial charge in [0.05, 0.1) is 6.61 Å². The summed E-state index contributed by atoms with van der Waals surface area (Å²) in [5, 5.41) is 3.00. The van der Waals surface area contributed by atoms with Crippen molar-refractivity contribution < 1.29 is 14.3 Å². The molecule has 0 aliphatic carbocycles. The Morgan fingerprint density at radius 1 is 1.03 bits per heavy atom. The van der Waals surface area contributed by atoms with Gasteiger partial charge in [0.1, 0.15) is 11.8 Å². The number of carbonyl (C=O) groups is 2. The summed E-state index contributed by atoms with van der Waals surface area (Å²) < 4.78 is 5.77. The average Bonchev–Trinajstić information content (AvgIpc) is 2.79. The van der Waals surface area contributed by atoms with Crippen LogP contribution in [0.25, 0.3) is 0 Å². The van der Waals surface area contributed by atoms with Gasteiger partial charge in [0, 0.05) is 19.5 Å². The van der Waals surface area contributed by atoms with E-state index in [1.54, 1.807) is 4.90 Å². The van der Waals surface area contributed by atoms with Gasteiger partial charge in [-0.05, 0) is 49.8 Å². The zero-order valence-electron chi connectivity index (χ0n) is 20.0. The number of rotatable bonds is 13. The third kappa shape index (κ3) is 8.74. The molecule has 32 heavy (non-hydrogen) atoms. The number of nitrogens with zero attached hydrogens (tertiary/aromatic N) is 1. The van der Waals surface area contributed by atoms with Crippen LogP contribution in [0.4, 0.5) is 0 Å². The predicted octanol–water partition coefficient (Wildman–Crippen LogP) is 4.78. The van der Waals surface area contributed by atoms with E-state index < -0.39 is 6.04 Å². The molecule has 0 saturated heterocycles. The molecule has 5 nitrogen and oxygen atoms in total. The van der Waals surface area contributed by atoms with Crippen LogP contribution in [0.15, 0.2) is 54.6 Å². The van der Waals surface area contributed by atoms with E-state index in [1.807, 2.05) is 56.3 Å². The summed E-state index contributed by atoms with van der Waals surface area (Å²) in [7, 11) is 0. The zero-order chi connectivity index (χ0) is 23.3. The zero-order valence-corrected chi connectivity index (χ0v) is 20.0. The van der Waals surface area contributed by atoms with Crippen molar-refractivity contribution in [3.8, 4) is 5.75 Å². The average molecular weight is 439 g/mol. The lowest BCUT2D eigenvalue weighted by molar-refractivity contribution is -0.140. The molecule has 0 unspecified atom stereocenters. The minimum Gasteiger partial charge on any atom is -0.494 e. The number of amides is 2. The molecular formula is C27H38N2O3. The van der Waals surface area contributed by atoms with Gasteiger partial charge in [0.15, 0.2) is 0 Å². The second kappa shape index (κ2) is 13.6. The van der Waals surface area contributed by atoms with Gasteiger partial charge >= 0.3 is 0 Å². The third-order valence-corrected chi connectivity index (χ3v) is 5.38. The molecule has 2 rings (SSSR count). The van der Waals surface area contributed by atoms with Gasteiger partial charge in [-0.1, -0.05) is 68.8 Å². The number of hydrogen-bond donors (Lipinski definition) is 1. The smallest absolute Gasteiger partial charge is 0.242 e. The van der Waals surface area contributed by atoms with Gasteiger partial charge in [-0.3, -0.25) is 9.59 Å². The molecule has 1 N–H and O–H groups in total. The molecule has 0 spiro atoms. The van der Waals surface area contributed by atoms with Crippen LogP contribution in [-0.2, 0) is 16.0 Å². The minimum atomic E-state index is -0.456. The molecule has 2 aromatic carbocycles. The first kappa shape index (κ1) is 25.4. The first-order chi connectivity index (χ1) is 15.4. The molecule has 0 aromatic heterocycles. The first-order valence-electron chi connectivity index (χ1n) is 11.7. The van der Waals surface area contributed by atoms with Crippen molar-refractivity contribution in [2.75, 3.05) is 19.7 Å². The van der Waals surface area contributed by atoms with Crippen LogP contribution in [0.1, 0.15) is 51.2 Å². The van der Waals surface area contributed by atoms with Gasteiger partial charge < -0.3 is 15.0 Å². The Morgan fingerprint density at radius 2 is 1.72 bits per heavy atom. The first-order valence-corrected chi connectivity index (χ1v) is 11.7. The Morgan fingerprint density at radius 3 is 2.34 bits per heavy atom. The van der Waals surface area contributed by atoms with E-state index in [2.05, 4.69) is 31.3 Å². The number of aryl methyl sites for hydroxylation is 1. The summed E-state index contributed by atoms with van der Waals surface area (Å²) in [5.74, 6) is 1.10. The second-order valence-corrected chi connectivity index (χ2v) is 8.65. The molecule has 0 heterocycles. The number of benzene rings is 2. The van der Waals surface area contributed by atoms with Crippen molar-refractivity contribution in [1.29, 1.82) is 0 Å². The van der Waals surface area contributed by atoms with E-state index in [-0.39, 0.29) is 11.8 Å². The molecule has 2 aromatic rings. The highest BCUT2D eigenvalue weighted by atomic mass is 16.5. The number of ether oxygens (including phenoxy) is 1. The van der Waals surface area contributed by atoms with Crippen molar-refractivity contribution in [3.05, 3.63) is 65.7 Å². The molecule has 0 bridgehead atoms. The molecule has 174 valence electrons. The summed E-state index contributed by atoms with van der Waals surface area (Å²) in [6.45, 7) is 9.73. The summed E-state index contributed by atoms with van der Waals surface area (Å²) in [5.41, 5.74) is 2.34. The van der Waals surface area contributed by atoms with E-state index in [1.165, 1.54) is 5.56 Å². The number of nitrogens with one attached hydrogen (secondary N) is 1. The lowest BCUT2D eigenvalue weighted by Gasteiger charge is -2.31. The Bertz CT molecular complexity index is 819. The maximum atomic E-state index is 13.2. The van der Waals surface area contributed by atoms with E-state index in [9.17, 15) is 9.59 Å². The number of carbonyl (C=O) groups excluding carboxylic acids is 2. The van der Waals surface area contributed by atoms with Gasteiger partial charge in [0.25, 0.3) is 0 Å². The molecular weight excluding hydrogens is 400 g/mol. The monoisotopic (exact) mass is 438 g/mol. The van der Waals surface area contributed by atoms with E-state index >= 15 is 0 Å². The SMILES string of the molecule is CC[C@H](C(=O)NCC(C)C)N(CCc1ccccc1)C(=O)CCCOc1ccc(C)cc1. The topological polar surface area (TPSA) is 58.6 Å². The molecule has 5 heteroatoms. The Kier molecular flexibility index (Phi) is 10.8. The Balaban J connectivity index is 1.98. The van der Waals surface area contributed by atoms with Crippen LogP contribution in [0.2, 0.25) is 0 Å². The molecule has 2 amide bonds. The van der Waals surface area contributed by atoms with Crippen LogP contribution in [0.3, 0.4) is 0 Å². The highest BCUT2D eigenvalue weighted by molar-refractivity contribution is 5.87. The summed E-state index contributed by atoms with van der Waals surface area (Å²) >= 11 is 0. The normalized spacial score (nSPS) is 11.8. The Labute approximate surface area is 193 Å². The van der Waals surface area contributed by atoms with Crippen LogP contribution in [-0.4, -0.2) is 42.5 Å². The predicted molar refractivity (Wildman–Crippen MR) is 130 cm³/mol. The minimum absolute atomic E-state index is 0.0000146. The molecule has 0 radical (unpaired) electrons. The highest BCUT2D eigenvalue weighted by Crippen LogP contribution is 2.14. The molecule has 0 aliphatic rings. The van der Waals surface area contributed by atoms with E-state index in [0.717, 1.165) is 17.7 Å². The number of hydrogen-bond acceptors (Lipinski definition) is 3. The van der Waals surface area contributed by atoms with Crippen LogP contribution >= 0.6 is 0 Å². The lowest BCUT2D eigenvalue weighted by Crippen LogP contribution is -2.50. The fourth-order valence-corrected chi connectivity index (χ4v) is 3.51. The van der Waals surface area contributed by atoms with Crippen molar-refractivity contribution >= 4 is 11.8 Å². The van der Waals surface area contributed by atoms with Crippen LogP contribution in [0.5, 0.6) is 5.75 Å². The standard InChI is InChI=1S/C27H38N2O3/c1-5-25(27(31)28-20-21(2)3)29(18-17-23-10-7-6-8-11-23)26(30)12-9-19-32-24-15-13-22(4)14-16-24/h6-8,10-11,13-16,21,25H,5,9,12,17-20H2,1-4H3,(H,28,31)/t25-/m1/s1. The molecule has 1 atom stereocenters. The Hall–Kier alpha value is -2.82. The van der Waals surface area contributed by atoms with Gasteiger partial charge in [-0.2, -0.15) is 0 Å². The maximum absolute atomic E-state index is 13.2. The van der Waals surface area contributed by atoms with Gasteiger partial charge in [-0.15, -0.1) is 0 Å². The third-order valence-electron chi connectivity index (χ3n) is 5.38. The van der Waals surface area contributed by atoms with Crippen LogP contribution in [0, 0.1) is 12.8 Å². The quantitative estimate of drug-likeness (QED) is 0.458. The van der Waals surface area contributed by atoms with Crippen molar-refractivity contribution in [2.24, 2.45) is 5.92 Å². The second-order valence-electron chi connectivity index (χ2n) is 8.65. The van der Waals surface area contributed by atoms with Crippen molar-refractivity contribution in [2.45, 2.75) is 59.4 Å². The highest BCUT2D eigenvalue weighted by Gasteiger charge is 2.27. The van der Waals surface area contributed by atoms with Crippen LogP contribution < -0.4 is 10.1 Å². The summed E-state index contributed by atoms with van der Waals surface area (Å²) in [6, 6.07) is 17.5. The van der Waals surface area contributed by atoms with E-state index in [0.29, 0.717) is 44.9 Å². The molecule has 0 fully saturated rings. The summed E-state index contributed by atoms with van der Waals surface area (Å²) in [4.78, 5) is 27.8. The fourth-order valence-electron chi connectivity index (χ4n) is 3.51.